The Hall–Kier alpha value is -0.620. The number of carbonyl (C=O) groups excluding carboxylic acids is 1. The molecule has 0 aliphatic carbocycles. The van der Waals surface area contributed by atoms with Gasteiger partial charge in [0.15, 0.2) is 9.84 Å². The van der Waals surface area contributed by atoms with Gasteiger partial charge in [-0.25, -0.2) is 8.42 Å². The largest absolute Gasteiger partial charge is 0.466 e. The fourth-order valence-electron chi connectivity index (χ4n) is 3.42. The monoisotopic (exact) mass is 403 g/mol. The van der Waals surface area contributed by atoms with Gasteiger partial charge < -0.3 is 9.64 Å². The highest BCUT2D eigenvalue weighted by molar-refractivity contribution is 7.91. The number of esters is 1. The second-order valence-electron chi connectivity index (χ2n) is 7.85. The van der Waals surface area contributed by atoms with Crippen molar-refractivity contribution in [2.45, 2.75) is 90.4 Å². The molecule has 1 fully saturated rings. The number of ether oxygens (including phenoxy) is 1. The topological polar surface area (TPSA) is 63.7 Å². The van der Waals surface area contributed by atoms with Crippen molar-refractivity contribution >= 4 is 15.8 Å². The standard InChI is InChI=1S/C21H41NO4S/c1-2-3-4-5-6-7-8-9-10-11-12-13-18-26-21(23)14-15-22-16-19-27(24,25)20-17-22/h2-20H2,1H3. The lowest BCUT2D eigenvalue weighted by atomic mass is 10.1. The van der Waals surface area contributed by atoms with Crippen molar-refractivity contribution < 1.29 is 17.9 Å². The smallest absolute Gasteiger partial charge is 0.307 e. The van der Waals surface area contributed by atoms with Crippen LogP contribution in [0.15, 0.2) is 0 Å². The first-order valence-corrected chi connectivity index (χ1v) is 12.9. The van der Waals surface area contributed by atoms with E-state index >= 15 is 0 Å². The van der Waals surface area contributed by atoms with E-state index in [2.05, 4.69) is 6.92 Å². The van der Waals surface area contributed by atoms with Crippen molar-refractivity contribution in [2.75, 3.05) is 37.7 Å². The van der Waals surface area contributed by atoms with Crippen LogP contribution in [0, 0.1) is 0 Å². The van der Waals surface area contributed by atoms with E-state index in [0.29, 0.717) is 32.7 Å². The Kier molecular flexibility index (Phi) is 13.9. The summed E-state index contributed by atoms with van der Waals surface area (Å²) in [6.07, 6.45) is 15.9. The minimum Gasteiger partial charge on any atom is -0.466 e. The molecular weight excluding hydrogens is 362 g/mol. The first kappa shape index (κ1) is 24.4. The van der Waals surface area contributed by atoms with E-state index in [1.165, 1.54) is 64.2 Å². The van der Waals surface area contributed by atoms with Crippen LogP contribution in [0.3, 0.4) is 0 Å². The molecule has 1 heterocycles. The van der Waals surface area contributed by atoms with E-state index in [9.17, 15) is 13.2 Å². The van der Waals surface area contributed by atoms with E-state index in [0.717, 1.165) is 12.8 Å². The summed E-state index contributed by atoms with van der Waals surface area (Å²) in [5.41, 5.74) is 0. The van der Waals surface area contributed by atoms with E-state index in [4.69, 9.17) is 4.74 Å². The SMILES string of the molecule is CCCCCCCCCCCCCCOC(=O)CCN1CCS(=O)(=O)CC1. The van der Waals surface area contributed by atoms with Gasteiger partial charge in [0.25, 0.3) is 0 Å². The van der Waals surface area contributed by atoms with E-state index < -0.39 is 9.84 Å². The van der Waals surface area contributed by atoms with Crippen molar-refractivity contribution in [2.24, 2.45) is 0 Å². The lowest BCUT2D eigenvalue weighted by Gasteiger charge is -2.25. The van der Waals surface area contributed by atoms with Gasteiger partial charge >= 0.3 is 5.97 Å². The van der Waals surface area contributed by atoms with Crippen LogP contribution in [-0.4, -0.2) is 57.0 Å². The van der Waals surface area contributed by atoms with Gasteiger partial charge in [-0.05, 0) is 6.42 Å². The van der Waals surface area contributed by atoms with Gasteiger partial charge in [-0.15, -0.1) is 0 Å². The van der Waals surface area contributed by atoms with Crippen LogP contribution in [0.1, 0.15) is 90.4 Å². The summed E-state index contributed by atoms with van der Waals surface area (Å²) in [6.45, 7) is 4.45. The highest BCUT2D eigenvalue weighted by atomic mass is 32.2. The zero-order chi connectivity index (χ0) is 19.8. The second-order valence-corrected chi connectivity index (χ2v) is 10.2. The summed E-state index contributed by atoms with van der Waals surface area (Å²) in [5.74, 6) is 0.258. The fraction of sp³-hybridized carbons (Fsp3) is 0.952. The van der Waals surface area contributed by atoms with Crippen LogP contribution in [0.25, 0.3) is 0 Å². The molecule has 160 valence electrons. The average molecular weight is 404 g/mol. The molecule has 0 aromatic heterocycles. The van der Waals surface area contributed by atoms with Crippen molar-refractivity contribution in [3.05, 3.63) is 0 Å². The van der Waals surface area contributed by atoms with Gasteiger partial charge in [0.05, 0.1) is 24.5 Å². The predicted molar refractivity (Wildman–Crippen MR) is 112 cm³/mol. The minimum atomic E-state index is -2.85. The van der Waals surface area contributed by atoms with Crippen molar-refractivity contribution in [3.63, 3.8) is 0 Å². The van der Waals surface area contributed by atoms with E-state index in [-0.39, 0.29) is 17.5 Å². The molecule has 27 heavy (non-hydrogen) atoms. The molecule has 0 N–H and O–H groups in total. The van der Waals surface area contributed by atoms with Crippen LogP contribution in [-0.2, 0) is 19.4 Å². The summed E-state index contributed by atoms with van der Waals surface area (Å²) in [4.78, 5) is 13.8. The molecule has 1 saturated heterocycles. The number of hydrogen-bond donors (Lipinski definition) is 0. The highest BCUT2D eigenvalue weighted by Gasteiger charge is 2.21. The van der Waals surface area contributed by atoms with Crippen molar-refractivity contribution in [1.29, 1.82) is 0 Å². The number of sulfone groups is 1. The van der Waals surface area contributed by atoms with Crippen LogP contribution >= 0.6 is 0 Å². The van der Waals surface area contributed by atoms with Gasteiger partial charge in [-0.2, -0.15) is 0 Å². The third-order valence-corrected chi connectivity index (χ3v) is 6.94. The van der Waals surface area contributed by atoms with Gasteiger partial charge in [-0.3, -0.25) is 4.79 Å². The molecule has 0 aromatic rings. The zero-order valence-corrected chi connectivity index (χ0v) is 18.2. The molecule has 0 aromatic carbocycles. The number of carbonyl (C=O) groups is 1. The maximum Gasteiger partial charge on any atom is 0.307 e. The maximum absolute atomic E-state index is 11.7. The molecule has 1 aliphatic heterocycles. The molecule has 0 spiro atoms. The summed E-state index contributed by atoms with van der Waals surface area (Å²) < 4.78 is 28.0. The van der Waals surface area contributed by atoms with Crippen LogP contribution in [0.4, 0.5) is 0 Å². The third kappa shape index (κ3) is 14.1. The van der Waals surface area contributed by atoms with Crippen LogP contribution in [0.2, 0.25) is 0 Å². The van der Waals surface area contributed by atoms with Crippen molar-refractivity contribution in [1.82, 2.24) is 4.90 Å². The zero-order valence-electron chi connectivity index (χ0n) is 17.4. The Labute approximate surface area is 167 Å². The van der Waals surface area contributed by atoms with E-state index in [1.54, 1.807) is 0 Å². The fourth-order valence-corrected chi connectivity index (χ4v) is 4.70. The second kappa shape index (κ2) is 15.3. The molecule has 0 radical (unpaired) electrons. The quantitative estimate of drug-likeness (QED) is 0.283. The van der Waals surface area contributed by atoms with Gasteiger partial charge in [0.1, 0.15) is 0 Å². The summed E-state index contributed by atoms with van der Waals surface area (Å²) >= 11 is 0. The molecule has 5 nitrogen and oxygen atoms in total. The number of nitrogens with zero attached hydrogens (tertiary/aromatic N) is 1. The number of rotatable bonds is 16. The summed E-state index contributed by atoms with van der Waals surface area (Å²) in [7, 11) is -2.85. The molecule has 0 unspecified atom stereocenters. The molecule has 1 rings (SSSR count). The predicted octanol–water partition coefficient (Wildman–Crippen LogP) is 4.35. The first-order valence-electron chi connectivity index (χ1n) is 11.1. The lowest BCUT2D eigenvalue weighted by molar-refractivity contribution is -0.144. The Morgan fingerprint density at radius 2 is 1.30 bits per heavy atom. The first-order chi connectivity index (χ1) is 13.0. The van der Waals surface area contributed by atoms with Gasteiger partial charge in [-0.1, -0.05) is 77.6 Å². The molecule has 6 heteroatoms. The average Bonchev–Trinajstić information content (AvgIpc) is 2.64. The number of hydrogen-bond acceptors (Lipinski definition) is 5. The van der Waals surface area contributed by atoms with E-state index in [1.807, 2.05) is 4.90 Å². The molecular formula is C21H41NO4S. The van der Waals surface area contributed by atoms with Gasteiger partial charge in [0.2, 0.25) is 0 Å². The Morgan fingerprint density at radius 1 is 0.815 bits per heavy atom. The Morgan fingerprint density at radius 3 is 1.81 bits per heavy atom. The normalized spacial score (nSPS) is 17.1. The molecule has 0 amide bonds. The van der Waals surface area contributed by atoms with Crippen LogP contribution in [0.5, 0.6) is 0 Å². The number of unbranched alkanes of at least 4 members (excludes halogenated alkanes) is 11. The lowest BCUT2D eigenvalue weighted by Crippen LogP contribution is -2.41. The Balaban J connectivity index is 1.82. The molecule has 0 bridgehead atoms. The maximum atomic E-state index is 11.7. The van der Waals surface area contributed by atoms with Crippen LogP contribution < -0.4 is 0 Å². The molecule has 0 atom stereocenters. The highest BCUT2D eigenvalue weighted by Crippen LogP contribution is 2.12. The Bertz CT molecular complexity index is 465. The molecule has 1 aliphatic rings. The van der Waals surface area contributed by atoms with Crippen molar-refractivity contribution in [3.8, 4) is 0 Å². The minimum absolute atomic E-state index is 0.161. The molecule has 0 saturated carbocycles. The third-order valence-electron chi connectivity index (χ3n) is 5.33. The summed E-state index contributed by atoms with van der Waals surface area (Å²) in [5, 5.41) is 0. The van der Waals surface area contributed by atoms with Gasteiger partial charge in [0, 0.05) is 19.6 Å². The summed E-state index contributed by atoms with van der Waals surface area (Å²) in [6, 6.07) is 0.